The monoisotopic (exact) mass is 205 g/mol. The molecule has 0 spiro atoms. The molecule has 0 aliphatic carbocycles. The summed E-state index contributed by atoms with van der Waals surface area (Å²) in [5, 5.41) is 18.6. The number of methoxy groups -OCH3 is 1. The number of benzene rings is 1. The molecule has 0 radical (unpaired) electrons. The van der Waals surface area contributed by atoms with Crippen LogP contribution in [-0.2, 0) is 0 Å². The highest BCUT2D eigenvalue weighted by atomic mass is 16.5. The molecule has 15 heavy (non-hydrogen) atoms. The largest absolute Gasteiger partial charge is 0.495 e. The fourth-order valence-electron chi connectivity index (χ4n) is 1.54. The van der Waals surface area contributed by atoms with Gasteiger partial charge in [-0.25, -0.2) is 0 Å². The predicted molar refractivity (Wildman–Crippen MR) is 57.7 cm³/mol. The van der Waals surface area contributed by atoms with Gasteiger partial charge in [0.05, 0.1) is 18.8 Å². The molecule has 1 N–H and O–H groups in total. The molecule has 0 amide bonds. The molecule has 0 aliphatic heterocycles. The van der Waals surface area contributed by atoms with Crippen molar-refractivity contribution < 1.29 is 9.84 Å². The Kier molecular flexibility index (Phi) is 3.70. The Morgan fingerprint density at radius 2 is 2.20 bits per heavy atom. The minimum atomic E-state index is -0.494. The molecule has 1 aromatic rings. The average molecular weight is 205 g/mol. The Labute approximate surface area is 89.9 Å². The lowest BCUT2D eigenvalue weighted by atomic mass is 9.99. The smallest absolute Gasteiger partial charge is 0.137 e. The lowest BCUT2D eigenvalue weighted by molar-refractivity contribution is 0.172. The molecule has 0 bridgehead atoms. The van der Waals surface area contributed by atoms with Crippen LogP contribution in [-0.4, -0.2) is 12.2 Å². The van der Waals surface area contributed by atoms with E-state index in [1.807, 2.05) is 13.8 Å². The number of aliphatic hydroxyl groups excluding tert-OH is 1. The molecule has 1 aromatic carbocycles. The first-order valence-corrected chi connectivity index (χ1v) is 4.90. The van der Waals surface area contributed by atoms with Gasteiger partial charge in [-0.1, -0.05) is 6.92 Å². The number of rotatable bonds is 3. The maximum absolute atomic E-state index is 9.76. The van der Waals surface area contributed by atoms with Crippen molar-refractivity contribution in [1.82, 2.24) is 0 Å². The second-order valence-corrected chi connectivity index (χ2v) is 3.44. The van der Waals surface area contributed by atoms with E-state index in [1.54, 1.807) is 12.1 Å². The zero-order chi connectivity index (χ0) is 11.4. The third-order valence-corrected chi connectivity index (χ3v) is 2.45. The van der Waals surface area contributed by atoms with Crippen molar-refractivity contribution >= 4 is 0 Å². The van der Waals surface area contributed by atoms with Gasteiger partial charge in [0.15, 0.2) is 0 Å². The SMILES string of the molecule is CCC(O)c1cc(OC)c(C#N)cc1C. The molecule has 0 aromatic heterocycles. The van der Waals surface area contributed by atoms with Gasteiger partial charge in [0, 0.05) is 0 Å². The summed E-state index contributed by atoms with van der Waals surface area (Å²) in [7, 11) is 1.52. The van der Waals surface area contributed by atoms with Gasteiger partial charge >= 0.3 is 0 Å². The minimum absolute atomic E-state index is 0.494. The van der Waals surface area contributed by atoms with Crippen molar-refractivity contribution in [2.24, 2.45) is 0 Å². The van der Waals surface area contributed by atoms with Crippen LogP contribution in [0.25, 0.3) is 0 Å². The first kappa shape index (κ1) is 11.5. The van der Waals surface area contributed by atoms with Crippen LogP contribution in [0.5, 0.6) is 5.75 Å². The Balaban J connectivity index is 3.27. The Morgan fingerprint density at radius 1 is 1.53 bits per heavy atom. The molecule has 1 atom stereocenters. The van der Waals surface area contributed by atoms with Gasteiger partial charge in [-0.2, -0.15) is 5.26 Å². The summed E-state index contributed by atoms with van der Waals surface area (Å²) in [5.41, 5.74) is 2.25. The van der Waals surface area contributed by atoms with E-state index in [1.165, 1.54) is 7.11 Å². The summed E-state index contributed by atoms with van der Waals surface area (Å²) in [6.07, 6.45) is 0.155. The van der Waals surface area contributed by atoms with Crippen LogP contribution in [0.15, 0.2) is 12.1 Å². The van der Waals surface area contributed by atoms with E-state index in [-0.39, 0.29) is 0 Å². The van der Waals surface area contributed by atoms with E-state index >= 15 is 0 Å². The van der Waals surface area contributed by atoms with Gasteiger partial charge in [0.25, 0.3) is 0 Å². The minimum Gasteiger partial charge on any atom is -0.495 e. The quantitative estimate of drug-likeness (QED) is 0.823. The van der Waals surface area contributed by atoms with Crippen molar-refractivity contribution in [3.63, 3.8) is 0 Å². The molecule has 80 valence electrons. The molecule has 1 unspecified atom stereocenters. The third-order valence-electron chi connectivity index (χ3n) is 2.45. The fourth-order valence-corrected chi connectivity index (χ4v) is 1.54. The van der Waals surface area contributed by atoms with Crippen LogP contribution in [0.1, 0.15) is 36.1 Å². The number of aliphatic hydroxyl groups is 1. The van der Waals surface area contributed by atoms with Crippen LogP contribution in [0.3, 0.4) is 0 Å². The molecule has 1 rings (SSSR count). The van der Waals surface area contributed by atoms with Crippen molar-refractivity contribution in [3.05, 3.63) is 28.8 Å². The molecule has 0 aliphatic rings. The highest BCUT2D eigenvalue weighted by Gasteiger charge is 2.12. The second kappa shape index (κ2) is 4.81. The van der Waals surface area contributed by atoms with Crippen molar-refractivity contribution in [2.75, 3.05) is 7.11 Å². The lowest BCUT2D eigenvalue weighted by Crippen LogP contribution is -2.00. The summed E-state index contributed by atoms with van der Waals surface area (Å²) in [6.45, 7) is 3.79. The summed E-state index contributed by atoms with van der Waals surface area (Å²) in [4.78, 5) is 0. The van der Waals surface area contributed by atoms with E-state index in [0.717, 1.165) is 11.1 Å². The maximum atomic E-state index is 9.76. The van der Waals surface area contributed by atoms with Crippen molar-refractivity contribution in [1.29, 1.82) is 5.26 Å². The highest BCUT2D eigenvalue weighted by molar-refractivity contribution is 5.49. The van der Waals surface area contributed by atoms with Gasteiger partial charge in [-0.05, 0) is 36.6 Å². The van der Waals surface area contributed by atoms with Crippen molar-refractivity contribution in [3.8, 4) is 11.8 Å². The van der Waals surface area contributed by atoms with E-state index in [0.29, 0.717) is 17.7 Å². The maximum Gasteiger partial charge on any atom is 0.137 e. The van der Waals surface area contributed by atoms with Crippen LogP contribution < -0.4 is 4.74 Å². The van der Waals surface area contributed by atoms with Gasteiger partial charge in [0.2, 0.25) is 0 Å². The number of aryl methyl sites for hydroxylation is 1. The van der Waals surface area contributed by atoms with Crippen LogP contribution in [0.2, 0.25) is 0 Å². The number of hydrogen-bond acceptors (Lipinski definition) is 3. The van der Waals surface area contributed by atoms with E-state index in [9.17, 15) is 5.11 Å². The standard InChI is InChI=1S/C12H15NO2/c1-4-11(14)10-6-12(15-3)9(7-13)5-8(10)2/h5-6,11,14H,4H2,1-3H3. The van der Waals surface area contributed by atoms with E-state index in [4.69, 9.17) is 10.00 Å². The number of hydrogen-bond donors (Lipinski definition) is 1. The summed E-state index contributed by atoms with van der Waals surface area (Å²) in [5.74, 6) is 0.519. The predicted octanol–water partition coefficient (Wildman–Crippen LogP) is 2.32. The van der Waals surface area contributed by atoms with Gasteiger partial charge < -0.3 is 9.84 Å². The average Bonchev–Trinajstić information content (AvgIpc) is 2.27. The zero-order valence-corrected chi connectivity index (χ0v) is 9.24. The van der Waals surface area contributed by atoms with Gasteiger partial charge in [-0.15, -0.1) is 0 Å². The van der Waals surface area contributed by atoms with Crippen LogP contribution in [0.4, 0.5) is 0 Å². The first-order valence-electron chi connectivity index (χ1n) is 4.90. The molecule has 0 fully saturated rings. The molecule has 0 heterocycles. The Bertz CT molecular complexity index is 393. The normalized spacial score (nSPS) is 11.9. The second-order valence-electron chi connectivity index (χ2n) is 3.44. The van der Waals surface area contributed by atoms with E-state index < -0.39 is 6.10 Å². The van der Waals surface area contributed by atoms with Crippen molar-refractivity contribution in [2.45, 2.75) is 26.4 Å². The third kappa shape index (κ3) is 2.28. The molecular formula is C12H15NO2. The molecule has 3 heteroatoms. The topological polar surface area (TPSA) is 53.2 Å². The number of nitriles is 1. The summed E-state index contributed by atoms with van der Waals surface area (Å²) in [6, 6.07) is 5.55. The Hall–Kier alpha value is -1.53. The van der Waals surface area contributed by atoms with E-state index in [2.05, 4.69) is 6.07 Å². The zero-order valence-electron chi connectivity index (χ0n) is 9.24. The summed E-state index contributed by atoms with van der Waals surface area (Å²) < 4.78 is 5.09. The fraction of sp³-hybridized carbons (Fsp3) is 0.417. The molecule has 3 nitrogen and oxygen atoms in total. The number of nitrogens with zero attached hydrogens (tertiary/aromatic N) is 1. The van der Waals surface area contributed by atoms with Gasteiger partial charge in [0.1, 0.15) is 11.8 Å². The molecular weight excluding hydrogens is 190 g/mol. The van der Waals surface area contributed by atoms with Crippen LogP contribution in [0, 0.1) is 18.3 Å². The highest BCUT2D eigenvalue weighted by Crippen LogP contribution is 2.28. The first-order chi connectivity index (χ1) is 7.13. The Morgan fingerprint density at radius 3 is 2.67 bits per heavy atom. The van der Waals surface area contributed by atoms with Gasteiger partial charge in [-0.3, -0.25) is 0 Å². The number of ether oxygens (including phenoxy) is 1. The summed E-state index contributed by atoms with van der Waals surface area (Å²) >= 11 is 0. The molecule has 0 saturated heterocycles. The van der Waals surface area contributed by atoms with Crippen LogP contribution >= 0.6 is 0 Å². The lowest BCUT2D eigenvalue weighted by Gasteiger charge is -2.14. The molecule has 0 saturated carbocycles.